The van der Waals surface area contributed by atoms with Crippen molar-refractivity contribution >= 4 is 27.2 Å². The van der Waals surface area contributed by atoms with Crippen LogP contribution in [0.15, 0.2) is 35.3 Å². The van der Waals surface area contributed by atoms with Crippen LogP contribution in [0.4, 0.5) is 0 Å². The number of nitrogens with one attached hydrogen (secondary N) is 1. The lowest BCUT2D eigenvalue weighted by atomic mass is 9.89. The van der Waals surface area contributed by atoms with Gasteiger partial charge in [0.2, 0.25) is 0 Å². The first-order chi connectivity index (χ1) is 15.2. The normalized spacial score (nSPS) is 17.7. The summed E-state index contributed by atoms with van der Waals surface area (Å²) in [5.74, 6) is 0.617. The number of fused-ring (bicyclic) bond motifs is 4. The highest BCUT2D eigenvalue weighted by Crippen LogP contribution is 2.33. The SMILES string of the molecule is Cc1nc2sc3c(n2c(=O)c1CCN1CCC(c2c[nH]c4ccccc24)CC1)CCC3. The van der Waals surface area contributed by atoms with E-state index in [-0.39, 0.29) is 5.56 Å². The van der Waals surface area contributed by atoms with Gasteiger partial charge >= 0.3 is 0 Å². The number of H-pyrrole nitrogens is 1. The predicted molar refractivity (Wildman–Crippen MR) is 127 cm³/mol. The molecule has 1 saturated heterocycles. The molecule has 0 atom stereocenters. The van der Waals surface area contributed by atoms with Gasteiger partial charge in [0.1, 0.15) is 0 Å². The van der Waals surface area contributed by atoms with Gasteiger partial charge in [-0.15, -0.1) is 11.3 Å². The van der Waals surface area contributed by atoms with Crippen molar-refractivity contribution in [1.29, 1.82) is 0 Å². The molecule has 1 aliphatic carbocycles. The second kappa shape index (κ2) is 7.61. The molecule has 31 heavy (non-hydrogen) atoms. The van der Waals surface area contributed by atoms with Crippen molar-refractivity contribution in [1.82, 2.24) is 19.3 Å². The Labute approximate surface area is 185 Å². The summed E-state index contributed by atoms with van der Waals surface area (Å²) in [6, 6.07) is 8.60. The van der Waals surface area contributed by atoms with Gasteiger partial charge in [-0.05, 0) is 76.1 Å². The van der Waals surface area contributed by atoms with E-state index in [0.717, 1.165) is 61.5 Å². The molecule has 6 heteroatoms. The van der Waals surface area contributed by atoms with Crippen LogP contribution in [-0.2, 0) is 19.3 Å². The van der Waals surface area contributed by atoms with Gasteiger partial charge < -0.3 is 9.88 Å². The largest absolute Gasteiger partial charge is 0.361 e. The van der Waals surface area contributed by atoms with E-state index in [0.29, 0.717) is 5.92 Å². The summed E-state index contributed by atoms with van der Waals surface area (Å²) in [6.07, 6.45) is 8.63. The van der Waals surface area contributed by atoms with Gasteiger partial charge in [-0.25, -0.2) is 4.98 Å². The zero-order chi connectivity index (χ0) is 20.9. The number of rotatable bonds is 4. The maximum atomic E-state index is 13.3. The molecular weight excluding hydrogens is 404 g/mol. The van der Waals surface area contributed by atoms with Crippen LogP contribution in [0.1, 0.15) is 52.6 Å². The second-order valence-electron chi connectivity index (χ2n) is 9.08. The summed E-state index contributed by atoms with van der Waals surface area (Å²) in [6.45, 7) is 5.13. The first kappa shape index (κ1) is 19.3. The molecule has 1 aliphatic heterocycles. The molecule has 0 radical (unpaired) electrons. The van der Waals surface area contributed by atoms with Crippen LogP contribution in [0, 0.1) is 6.92 Å². The van der Waals surface area contributed by atoms with Crippen molar-refractivity contribution in [3.8, 4) is 0 Å². The highest BCUT2D eigenvalue weighted by molar-refractivity contribution is 7.17. The smallest absolute Gasteiger partial charge is 0.262 e. The third kappa shape index (κ3) is 3.24. The third-order valence-corrected chi connectivity index (χ3v) is 8.45. The highest BCUT2D eigenvalue weighted by atomic mass is 32.1. The maximum Gasteiger partial charge on any atom is 0.262 e. The lowest BCUT2D eigenvalue weighted by Crippen LogP contribution is -2.35. The molecule has 0 saturated carbocycles. The van der Waals surface area contributed by atoms with E-state index >= 15 is 0 Å². The number of para-hydroxylation sites is 1. The zero-order valence-electron chi connectivity index (χ0n) is 18.0. The Morgan fingerprint density at radius 2 is 2.03 bits per heavy atom. The molecule has 1 aromatic carbocycles. The van der Waals surface area contributed by atoms with E-state index in [2.05, 4.69) is 40.3 Å². The number of thiazole rings is 1. The average molecular weight is 433 g/mol. The number of aromatic nitrogens is 3. The second-order valence-corrected chi connectivity index (χ2v) is 10.1. The monoisotopic (exact) mass is 432 g/mol. The van der Waals surface area contributed by atoms with E-state index < -0.39 is 0 Å². The first-order valence-electron chi connectivity index (χ1n) is 11.5. The maximum absolute atomic E-state index is 13.3. The summed E-state index contributed by atoms with van der Waals surface area (Å²) in [4.78, 5) is 26.3. The highest BCUT2D eigenvalue weighted by Gasteiger charge is 2.24. The summed E-state index contributed by atoms with van der Waals surface area (Å²) in [7, 11) is 0. The molecule has 3 aromatic heterocycles. The fraction of sp³-hybridized carbons (Fsp3) is 0.440. The van der Waals surface area contributed by atoms with Gasteiger partial charge in [-0.3, -0.25) is 9.20 Å². The van der Waals surface area contributed by atoms with Crippen molar-refractivity contribution in [2.24, 2.45) is 0 Å². The Morgan fingerprint density at radius 1 is 1.19 bits per heavy atom. The van der Waals surface area contributed by atoms with Crippen LogP contribution in [0.3, 0.4) is 0 Å². The number of likely N-dealkylation sites (tertiary alicyclic amines) is 1. The van der Waals surface area contributed by atoms with Crippen LogP contribution in [0.25, 0.3) is 15.9 Å². The molecule has 4 aromatic rings. The lowest BCUT2D eigenvalue weighted by molar-refractivity contribution is 0.215. The summed E-state index contributed by atoms with van der Waals surface area (Å²) >= 11 is 1.71. The Hall–Kier alpha value is -2.44. The molecule has 0 amide bonds. The van der Waals surface area contributed by atoms with Crippen LogP contribution in [-0.4, -0.2) is 38.9 Å². The molecule has 0 spiro atoms. The Bertz CT molecular complexity index is 1320. The lowest BCUT2D eigenvalue weighted by Gasteiger charge is -2.32. The van der Waals surface area contributed by atoms with E-state index in [4.69, 9.17) is 4.98 Å². The van der Waals surface area contributed by atoms with Gasteiger partial charge in [0.25, 0.3) is 5.56 Å². The number of aromatic amines is 1. The average Bonchev–Trinajstić information content (AvgIpc) is 3.48. The van der Waals surface area contributed by atoms with Crippen molar-refractivity contribution in [3.05, 3.63) is 68.2 Å². The van der Waals surface area contributed by atoms with E-state index in [1.807, 2.05) is 11.3 Å². The molecule has 0 bridgehead atoms. The fourth-order valence-electron chi connectivity index (χ4n) is 5.56. The van der Waals surface area contributed by atoms with E-state index in [1.54, 1.807) is 11.3 Å². The van der Waals surface area contributed by atoms with Crippen molar-refractivity contribution in [2.45, 2.75) is 51.4 Å². The number of piperidine rings is 1. The Balaban J connectivity index is 1.16. The quantitative estimate of drug-likeness (QED) is 0.518. The Morgan fingerprint density at radius 3 is 2.90 bits per heavy atom. The number of hydrogen-bond acceptors (Lipinski definition) is 4. The van der Waals surface area contributed by atoms with E-state index in [1.165, 1.54) is 39.9 Å². The fourth-order valence-corrected chi connectivity index (χ4v) is 6.80. The van der Waals surface area contributed by atoms with Crippen LogP contribution >= 0.6 is 11.3 Å². The summed E-state index contributed by atoms with van der Waals surface area (Å²) < 4.78 is 1.92. The van der Waals surface area contributed by atoms with Crippen LogP contribution < -0.4 is 5.56 Å². The predicted octanol–water partition coefficient (Wildman–Crippen LogP) is 4.46. The van der Waals surface area contributed by atoms with Crippen molar-refractivity contribution < 1.29 is 0 Å². The van der Waals surface area contributed by atoms with Crippen LogP contribution in [0.5, 0.6) is 0 Å². The Kier molecular flexibility index (Phi) is 4.73. The minimum Gasteiger partial charge on any atom is -0.361 e. The molecule has 2 aliphatic rings. The summed E-state index contributed by atoms with van der Waals surface area (Å²) in [5.41, 5.74) is 5.92. The van der Waals surface area contributed by atoms with Crippen LogP contribution in [0.2, 0.25) is 0 Å². The molecule has 1 N–H and O–H groups in total. The number of nitrogens with zero attached hydrogens (tertiary/aromatic N) is 3. The minimum absolute atomic E-state index is 0.176. The van der Waals surface area contributed by atoms with Gasteiger partial charge in [-0.1, -0.05) is 18.2 Å². The zero-order valence-corrected chi connectivity index (χ0v) is 18.8. The first-order valence-corrected chi connectivity index (χ1v) is 12.3. The number of aryl methyl sites for hydroxylation is 3. The molecule has 160 valence electrons. The summed E-state index contributed by atoms with van der Waals surface area (Å²) in [5, 5.41) is 1.37. The van der Waals surface area contributed by atoms with Crippen molar-refractivity contribution in [2.75, 3.05) is 19.6 Å². The minimum atomic E-state index is 0.176. The van der Waals surface area contributed by atoms with E-state index in [9.17, 15) is 4.79 Å². The van der Waals surface area contributed by atoms with Gasteiger partial charge in [0, 0.05) is 45.5 Å². The molecule has 1 fully saturated rings. The van der Waals surface area contributed by atoms with Gasteiger partial charge in [0.05, 0.1) is 0 Å². The third-order valence-electron chi connectivity index (χ3n) is 7.30. The molecular formula is C25H28N4OS. The number of benzene rings is 1. The van der Waals surface area contributed by atoms with Crippen molar-refractivity contribution in [3.63, 3.8) is 0 Å². The topological polar surface area (TPSA) is 53.4 Å². The molecule has 5 nitrogen and oxygen atoms in total. The van der Waals surface area contributed by atoms with Gasteiger partial charge in [0.15, 0.2) is 4.96 Å². The molecule has 4 heterocycles. The van der Waals surface area contributed by atoms with Gasteiger partial charge in [-0.2, -0.15) is 0 Å². The number of hydrogen-bond donors (Lipinski definition) is 1. The molecule has 6 rings (SSSR count). The standard InChI is InChI=1S/C25H28N4OS/c1-16-18(24(30)29-22-7-4-8-23(22)31-25(29)27-16)11-14-28-12-9-17(10-13-28)20-15-26-21-6-3-2-5-19(20)21/h2-3,5-6,15,17,26H,4,7-14H2,1H3. The molecule has 0 unspecified atom stereocenters.